The highest BCUT2D eigenvalue weighted by Gasteiger charge is 2.32. The molecule has 0 aliphatic carbocycles. The Morgan fingerprint density at radius 3 is 2.17 bits per heavy atom. The number of aliphatic hydroxyl groups excluding tert-OH is 4. The molecule has 8 nitrogen and oxygen atoms in total. The zero-order valence-electron chi connectivity index (χ0n) is 18.1. The molecule has 2 saturated heterocycles. The van der Waals surface area contributed by atoms with Crippen molar-refractivity contribution < 1.29 is 39.4 Å². The van der Waals surface area contributed by atoms with Crippen molar-refractivity contribution in [2.45, 2.75) is 109 Å². The highest BCUT2D eigenvalue weighted by atomic mass is 16.7. The minimum atomic E-state index is -0.941. The summed E-state index contributed by atoms with van der Waals surface area (Å²) in [5, 5.41) is 40.6. The smallest absolute Gasteiger partial charge is 0.155 e. The van der Waals surface area contributed by atoms with Gasteiger partial charge in [-0.2, -0.15) is 0 Å². The Labute approximate surface area is 174 Å². The van der Waals surface area contributed by atoms with Crippen molar-refractivity contribution >= 4 is 0 Å². The summed E-state index contributed by atoms with van der Waals surface area (Å²) in [6.07, 6.45) is -0.777. The standard InChI is InChI=1S/C21H40O8/c1-12(21-11-26-14(3)29-21)5-17(23)9-18(24)7-16(20(25)10-22)8-19-6-13(2)27-15(4)28-19/h12-25H,5-11H2,1-4H3. The van der Waals surface area contributed by atoms with Crippen molar-refractivity contribution in [3.05, 3.63) is 0 Å². The van der Waals surface area contributed by atoms with Gasteiger partial charge in [0.25, 0.3) is 0 Å². The predicted octanol–water partition coefficient (Wildman–Crippen LogP) is 1.18. The molecule has 4 N–H and O–H groups in total. The third-order valence-corrected chi connectivity index (χ3v) is 5.96. The maximum atomic E-state index is 10.5. The molecule has 0 spiro atoms. The molecule has 10 atom stereocenters. The molecule has 0 aromatic rings. The van der Waals surface area contributed by atoms with Crippen molar-refractivity contribution in [1.29, 1.82) is 0 Å². The van der Waals surface area contributed by atoms with Gasteiger partial charge < -0.3 is 39.4 Å². The van der Waals surface area contributed by atoms with Crippen LogP contribution in [0.25, 0.3) is 0 Å². The highest BCUT2D eigenvalue weighted by molar-refractivity contribution is 4.81. The predicted molar refractivity (Wildman–Crippen MR) is 106 cm³/mol. The number of aliphatic hydroxyl groups is 4. The van der Waals surface area contributed by atoms with Crippen LogP contribution in [0.1, 0.15) is 59.8 Å². The molecular weight excluding hydrogens is 380 g/mol. The third kappa shape index (κ3) is 8.38. The lowest BCUT2D eigenvalue weighted by atomic mass is 9.86. The van der Waals surface area contributed by atoms with Gasteiger partial charge in [0.15, 0.2) is 12.6 Å². The van der Waals surface area contributed by atoms with Gasteiger partial charge in [0.1, 0.15) is 0 Å². The normalized spacial score (nSPS) is 35.8. The zero-order chi connectivity index (χ0) is 21.6. The van der Waals surface area contributed by atoms with Crippen LogP contribution < -0.4 is 0 Å². The van der Waals surface area contributed by atoms with Gasteiger partial charge in [-0.05, 0) is 64.7 Å². The summed E-state index contributed by atoms with van der Waals surface area (Å²) in [6.45, 7) is 7.82. The summed E-state index contributed by atoms with van der Waals surface area (Å²) < 4.78 is 22.4. The van der Waals surface area contributed by atoms with Crippen LogP contribution in [0, 0.1) is 11.8 Å². The SMILES string of the molecule is CC1CC(CC(CC(O)CC(O)CC(C)C2COC(C)O2)C(O)CO)OC(C)O1. The summed E-state index contributed by atoms with van der Waals surface area (Å²) in [6, 6.07) is 0. The van der Waals surface area contributed by atoms with E-state index >= 15 is 0 Å². The molecule has 2 aliphatic heterocycles. The molecule has 0 amide bonds. The maximum absolute atomic E-state index is 10.5. The van der Waals surface area contributed by atoms with Gasteiger partial charge in [0.05, 0.1) is 49.8 Å². The fraction of sp³-hybridized carbons (Fsp3) is 1.00. The van der Waals surface area contributed by atoms with Crippen LogP contribution in [0.15, 0.2) is 0 Å². The van der Waals surface area contributed by atoms with E-state index in [0.29, 0.717) is 25.9 Å². The molecule has 0 aromatic heterocycles. The molecule has 0 saturated carbocycles. The number of hydrogen-bond acceptors (Lipinski definition) is 8. The average Bonchev–Trinajstić information content (AvgIpc) is 3.06. The van der Waals surface area contributed by atoms with E-state index in [-0.39, 0.29) is 62.2 Å². The zero-order valence-corrected chi connectivity index (χ0v) is 18.1. The first-order chi connectivity index (χ1) is 13.7. The van der Waals surface area contributed by atoms with E-state index < -0.39 is 18.3 Å². The Morgan fingerprint density at radius 2 is 1.59 bits per heavy atom. The van der Waals surface area contributed by atoms with Crippen molar-refractivity contribution in [3.63, 3.8) is 0 Å². The van der Waals surface area contributed by atoms with E-state index in [1.165, 1.54) is 0 Å². The Hall–Kier alpha value is -0.320. The Bertz CT molecular complexity index is 454. The lowest BCUT2D eigenvalue weighted by Crippen LogP contribution is -2.39. The molecule has 0 aromatic carbocycles. The Balaban J connectivity index is 1.81. The Kier molecular flexibility index (Phi) is 10.2. The van der Waals surface area contributed by atoms with Crippen molar-refractivity contribution in [3.8, 4) is 0 Å². The summed E-state index contributed by atoms with van der Waals surface area (Å²) in [5.41, 5.74) is 0. The lowest BCUT2D eigenvalue weighted by molar-refractivity contribution is -0.234. The van der Waals surface area contributed by atoms with Gasteiger partial charge in [-0.25, -0.2) is 0 Å². The minimum absolute atomic E-state index is 0.0459. The number of ether oxygens (including phenoxy) is 4. The number of hydrogen-bond donors (Lipinski definition) is 4. The largest absolute Gasteiger partial charge is 0.394 e. The average molecular weight is 421 g/mol. The molecule has 29 heavy (non-hydrogen) atoms. The molecule has 0 bridgehead atoms. The third-order valence-electron chi connectivity index (χ3n) is 5.96. The van der Waals surface area contributed by atoms with Gasteiger partial charge in [0, 0.05) is 0 Å². The molecule has 2 rings (SSSR count). The second kappa shape index (κ2) is 11.9. The van der Waals surface area contributed by atoms with Gasteiger partial charge >= 0.3 is 0 Å². The van der Waals surface area contributed by atoms with E-state index in [1.807, 2.05) is 27.7 Å². The van der Waals surface area contributed by atoms with Gasteiger partial charge in [-0.15, -0.1) is 0 Å². The first-order valence-electron chi connectivity index (χ1n) is 10.9. The number of rotatable bonds is 11. The second-order valence-electron chi connectivity index (χ2n) is 8.82. The molecule has 0 radical (unpaired) electrons. The molecule has 2 aliphatic rings. The van der Waals surface area contributed by atoms with Crippen LogP contribution in [0.3, 0.4) is 0 Å². The fourth-order valence-electron chi connectivity index (χ4n) is 4.45. The first-order valence-corrected chi connectivity index (χ1v) is 10.9. The van der Waals surface area contributed by atoms with Crippen LogP contribution >= 0.6 is 0 Å². The second-order valence-corrected chi connectivity index (χ2v) is 8.82. The molecule has 8 heteroatoms. The monoisotopic (exact) mass is 420 g/mol. The molecular formula is C21H40O8. The quantitative estimate of drug-likeness (QED) is 0.394. The van der Waals surface area contributed by atoms with Crippen LogP contribution in [0.5, 0.6) is 0 Å². The van der Waals surface area contributed by atoms with Crippen LogP contribution in [0.4, 0.5) is 0 Å². The van der Waals surface area contributed by atoms with Gasteiger partial charge in [-0.1, -0.05) is 6.92 Å². The van der Waals surface area contributed by atoms with Crippen LogP contribution in [-0.2, 0) is 18.9 Å². The maximum Gasteiger partial charge on any atom is 0.155 e. The molecule has 2 heterocycles. The molecule has 10 unspecified atom stereocenters. The van der Waals surface area contributed by atoms with Gasteiger partial charge in [0.2, 0.25) is 0 Å². The summed E-state index contributed by atoms with van der Waals surface area (Å²) in [7, 11) is 0. The fourth-order valence-corrected chi connectivity index (χ4v) is 4.45. The Morgan fingerprint density at radius 1 is 0.897 bits per heavy atom. The topological polar surface area (TPSA) is 118 Å². The highest BCUT2D eigenvalue weighted by Crippen LogP contribution is 2.29. The van der Waals surface area contributed by atoms with E-state index in [9.17, 15) is 20.4 Å². The summed E-state index contributed by atoms with van der Waals surface area (Å²) >= 11 is 0. The van der Waals surface area contributed by atoms with E-state index in [1.54, 1.807) is 0 Å². The van der Waals surface area contributed by atoms with Crippen LogP contribution in [0.2, 0.25) is 0 Å². The van der Waals surface area contributed by atoms with E-state index in [2.05, 4.69) is 0 Å². The van der Waals surface area contributed by atoms with Crippen molar-refractivity contribution in [1.82, 2.24) is 0 Å². The van der Waals surface area contributed by atoms with E-state index in [0.717, 1.165) is 0 Å². The summed E-state index contributed by atoms with van der Waals surface area (Å²) in [5.74, 6) is -0.214. The first kappa shape index (κ1) is 24.9. The molecule has 172 valence electrons. The molecule has 2 fully saturated rings. The lowest BCUT2D eigenvalue weighted by Gasteiger charge is -2.35. The summed E-state index contributed by atoms with van der Waals surface area (Å²) in [4.78, 5) is 0. The van der Waals surface area contributed by atoms with E-state index in [4.69, 9.17) is 18.9 Å². The van der Waals surface area contributed by atoms with Crippen molar-refractivity contribution in [2.75, 3.05) is 13.2 Å². The van der Waals surface area contributed by atoms with Gasteiger partial charge in [-0.3, -0.25) is 0 Å². The minimum Gasteiger partial charge on any atom is -0.394 e. The van der Waals surface area contributed by atoms with Crippen molar-refractivity contribution in [2.24, 2.45) is 11.8 Å². The van der Waals surface area contributed by atoms with Crippen LogP contribution in [-0.4, -0.2) is 82.8 Å².